The van der Waals surface area contributed by atoms with Crippen molar-refractivity contribution in [3.63, 3.8) is 0 Å². The quantitative estimate of drug-likeness (QED) is 0.786. The minimum Gasteiger partial charge on any atom is -0.308 e. The molecule has 1 rings (SSSR count). The molecule has 3 heteroatoms. The summed E-state index contributed by atoms with van der Waals surface area (Å²) < 4.78 is 27.4. The molecule has 3 unspecified atom stereocenters. The van der Waals surface area contributed by atoms with E-state index in [1.807, 2.05) is 6.92 Å². The molecule has 1 aromatic rings. The minimum absolute atomic E-state index is 0.186. The molecule has 0 saturated carbocycles. The van der Waals surface area contributed by atoms with Crippen molar-refractivity contribution in [3.8, 4) is 0 Å². The topological polar surface area (TPSA) is 12.0 Å². The zero-order chi connectivity index (χ0) is 14.6. The van der Waals surface area contributed by atoms with Gasteiger partial charge in [0.05, 0.1) is 0 Å². The number of rotatable bonds is 6. The van der Waals surface area contributed by atoms with Crippen LogP contribution in [0.2, 0.25) is 0 Å². The summed E-state index contributed by atoms with van der Waals surface area (Å²) in [5.41, 5.74) is 0.750. The molecule has 0 aromatic heterocycles. The molecule has 0 aliphatic rings. The van der Waals surface area contributed by atoms with Crippen LogP contribution >= 0.6 is 0 Å². The van der Waals surface area contributed by atoms with Crippen molar-refractivity contribution in [2.75, 3.05) is 0 Å². The molecule has 0 spiro atoms. The van der Waals surface area contributed by atoms with Gasteiger partial charge in [-0.2, -0.15) is 0 Å². The van der Waals surface area contributed by atoms with Gasteiger partial charge in [-0.25, -0.2) is 8.78 Å². The second kappa shape index (κ2) is 6.99. The predicted molar refractivity (Wildman–Crippen MR) is 76.2 cm³/mol. The number of halogens is 2. The molecule has 0 saturated heterocycles. The van der Waals surface area contributed by atoms with Gasteiger partial charge in [-0.1, -0.05) is 20.3 Å². The molecule has 0 bridgehead atoms. The van der Waals surface area contributed by atoms with Crippen molar-refractivity contribution in [2.45, 2.75) is 59.5 Å². The minimum atomic E-state index is -0.348. The molecule has 0 radical (unpaired) electrons. The Labute approximate surface area is 115 Å². The van der Waals surface area contributed by atoms with Crippen molar-refractivity contribution < 1.29 is 8.78 Å². The maximum absolute atomic E-state index is 13.9. The average molecular weight is 269 g/mol. The van der Waals surface area contributed by atoms with Gasteiger partial charge in [0.1, 0.15) is 11.6 Å². The fourth-order valence-electron chi connectivity index (χ4n) is 2.35. The second-order valence-corrected chi connectivity index (χ2v) is 5.66. The number of hydrogen-bond donors (Lipinski definition) is 1. The largest absolute Gasteiger partial charge is 0.308 e. The third kappa shape index (κ3) is 4.57. The van der Waals surface area contributed by atoms with Gasteiger partial charge in [-0.05, 0) is 50.8 Å². The molecule has 0 aliphatic heterocycles. The van der Waals surface area contributed by atoms with E-state index in [9.17, 15) is 8.78 Å². The van der Waals surface area contributed by atoms with E-state index in [-0.39, 0.29) is 23.7 Å². The highest BCUT2D eigenvalue weighted by Crippen LogP contribution is 2.22. The smallest absolute Gasteiger partial charge is 0.128 e. The lowest BCUT2D eigenvalue weighted by Gasteiger charge is -2.23. The Bertz CT molecular complexity index is 417. The Hall–Kier alpha value is -0.960. The Kier molecular flexibility index (Phi) is 5.92. The van der Waals surface area contributed by atoms with Crippen LogP contribution in [-0.4, -0.2) is 6.04 Å². The van der Waals surface area contributed by atoms with E-state index < -0.39 is 0 Å². The zero-order valence-corrected chi connectivity index (χ0v) is 12.6. The number of nitrogens with one attached hydrogen (secondary N) is 1. The van der Waals surface area contributed by atoms with E-state index in [0.29, 0.717) is 17.0 Å². The monoisotopic (exact) mass is 269 g/mol. The summed E-state index contributed by atoms with van der Waals surface area (Å²) in [5.74, 6) is -0.0522. The standard InChI is InChI=1S/C16H25F2N/c1-6-10(2)7-12(4)19-13(5)14-9-15(17)11(3)8-16(14)18/h8-10,12-13,19H,6-7H2,1-5H3. The molecule has 1 nitrogen and oxygen atoms in total. The highest BCUT2D eigenvalue weighted by atomic mass is 19.1. The summed E-state index contributed by atoms with van der Waals surface area (Å²) in [6.45, 7) is 9.90. The lowest BCUT2D eigenvalue weighted by molar-refractivity contribution is 0.380. The van der Waals surface area contributed by atoms with Gasteiger partial charge in [-0.15, -0.1) is 0 Å². The number of hydrogen-bond acceptors (Lipinski definition) is 1. The molecule has 19 heavy (non-hydrogen) atoms. The third-order valence-corrected chi connectivity index (χ3v) is 3.73. The van der Waals surface area contributed by atoms with Crippen LogP contribution in [0.4, 0.5) is 8.78 Å². The molecule has 1 aromatic carbocycles. The van der Waals surface area contributed by atoms with E-state index in [2.05, 4.69) is 26.1 Å². The van der Waals surface area contributed by atoms with Crippen molar-refractivity contribution in [3.05, 3.63) is 34.9 Å². The van der Waals surface area contributed by atoms with E-state index in [0.717, 1.165) is 12.8 Å². The first kappa shape index (κ1) is 16.1. The van der Waals surface area contributed by atoms with Crippen molar-refractivity contribution >= 4 is 0 Å². The molecule has 1 N–H and O–H groups in total. The SMILES string of the molecule is CCC(C)CC(C)NC(C)c1cc(F)c(C)cc1F. The maximum atomic E-state index is 13.9. The first-order chi connectivity index (χ1) is 8.85. The fourth-order valence-corrected chi connectivity index (χ4v) is 2.35. The van der Waals surface area contributed by atoms with Gasteiger partial charge in [0.15, 0.2) is 0 Å². The first-order valence-corrected chi connectivity index (χ1v) is 7.06. The van der Waals surface area contributed by atoms with Gasteiger partial charge >= 0.3 is 0 Å². The van der Waals surface area contributed by atoms with E-state index in [4.69, 9.17) is 0 Å². The van der Waals surface area contributed by atoms with Crippen molar-refractivity contribution in [2.24, 2.45) is 5.92 Å². The van der Waals surface area contributed by atoms with Crippen LogP contribution in [0.5, 0.6) is 0 Å². The van der Waals surface area contributed by atoms with Gasteiger partial charge in [-0.3, -0.25) is 0 Å². The van der Waals surface area contributed by atoms with Crippen molar-refractivity contribution in [1.82, 2.24) is 5.32 Å². The average Bonchev–Trinajstić information content (AvgIpc) is 2.33. The number of aryl methyl sites for hydroxylation is 1. The van der Waals surface area contributed by atoms with Crippen LogP contribution in [0.15, 0.2) is 12.1 Å². The van der Waals surface area contributed by atoms with E-state index in [1.54, 1.807) is 6.92 Å². The van der Waals surface area contributed by atoms with Crippen LogP contribution in [0.25, 0.3) is 0 Å². The molecule has 108 valence electrons. The summed E-state index contributed by atoms with van der Waals surface area (Å²) in [4.78, 5) is 0. The van der Waals surface area contributed by atoms with Crippen LogP contribution in [0, 0.1) is 24.5 Å². The summed E-state index contributed by atoms with van der Waals surface area (Å²) >= 11 is 0. The van der Waals surface area contributed by atoms with E-state index >= 15 is 0 Å². The van der Waals surface area contributed by atoms with Gasteiger partial charge in [0.2, 0.25) is 0 Å². The molecule has 0 heterocycles. The third-order valence-electron chi connectivity index (χ3n) is 3.73. The Balaban J connectivity index is 2.73. The predicted octanol–water partition coefficient (Wildman–Crippen LogP) is 4.75. The molecule has 0 aliphatic carbocycles. The maximum Gasteiger partial charge on any atom is 0.128 e. The molecule has 0 amide bonds. The highest BCUT2D eigenvalue weighted by molar-refractivity contribution is 5.27. The highest BCUT2D eigenvalue weighted by Gasteiger charge is 2.16. The van der Waals surface area contributed by atoms with Gasteiger partial charge in [0, 0.05) is 17.6 Å². The fraction of sp³-hybridized carbons (Fsp3) is 0.625. The zero-order valence-electron chi connectivity index (χ0n) is 12.6. The Morgan fingerprint density at radius 2 is 1.74 bits per heavy atom. The summed E-state index contributed by atoms with van der Waals surface area (Å²) in [6.07, 6.45) is 2.17. The second-order valence-electron chi connectivity index (χ2n) is 5.66. The number of benzene rings is 1. The lowest BCUT2D eigenvalue weighted by atomic mass is 9.98. The first-order valence-electron chi connectivity index (χ1n) is 7.06. The molecular weight excluding hydrogens is 244 g/mol. The van der Waals surface area contributed by atoms with Crippen LogP contribution in [-0.2, 0) is 0 Å². The summed E-state index contributed by atoms with van der Waals surface area (Å²) in [7, 11) is 0. The lowest BCUT2D eigenvalue weighted by Crippen LogP contribution is -2.31. The van der Waals surface area contributed by atoms with Crippen LogP contribution in [0.3, 0.4) is 0 Å². The summed E-state index contributed by atoms with van der Waals surface area (Å²) in [6, 6.07) is 2.67. The molecule has 3 atom stereocenters. The van der Waals surface area contributed by atoms with Crippen LogP contribution < -0.4 is 5.32 Å². The van der Waals surface area contributed by atoms with Gasteiger partial charge < -0.3 is 5.32 Å². The van der Waals surface area contributed by atoms with Crippen LogP contribution in [0.1, 0.15) is 57.7 Å². The normalized spacial score (nSPS) is 16.2. The van der Waals surface area contributed by atoms with Gasteiger partial charge in [0.25, 0.3) is 0 Å². The molecule has 0 fully saturated rings. The Morgan fingerprint density at radius 3 is 2.32 bits per heavy atom. The van der Waals surface area contributed by atoms with Crippen molar-refractivity contribution in [1.29, 1.82) is 0 Å². The van der Waals surface area contributed by atoms with E-state index in [1.165, 1.54) is 12.1 Å². The summed E-state index contributed by atoms with van der Waals surface area (Å²) in [5, 5.41) is 3.34. The molecular formula is C16H25F2N. The Morgan fingerprint density at radius 1 is 1.11 bits per heavy atom.